The molecule has 0 atom stereocenters. The van der Waals surface area contributed by atoms with E-state index in [0.717, 1.165) is 0 Å². The quantitative estimate of drug-likeness (QED) is 0.694. The third-order valence-corrected chi connectivity index (χ3v) is 3.09. The highest BCUT2D eigenvalue weighted by Gasteiger charge is 2.19. The zero-order valence-corrected chi connectivity index (χ0v) is 11.8. The number of carbonyl (C=O) groups excluding carboxylic acids is 2. The van der Waals surface area contributed by atoms with E-state index in [9.17, 15) is 9.59 Å². The molecular formula is C16H13NO5. The molecule has 0 bridgehead atoms. The molecule has 1 N–H and O–H groups in total. The average molecular weight is 299 g/mol. The summed E-state index contributed by atoms with van der Waals surface area (Å²) in [4.78, 5) is 23.7. The molecule has 6 heteroatoms. The van der Waals surface area contributed by atoms with Crippen molar-refractivity contribution < 1.29 is 23.5 Å². The number of rotatable bonds is 4. The molecule has 0 fully saturated rings. The van der Waals surface area contributed by atoms with Gasteiger partial charge in [0.05, 0.1) is 12.0 Å². The van der Waals surface area contributed by atoms with Gasteiger partial charge in [0.15, 0.2) is 17.3 Å². The minimum absolute atomic E-state index is 0.0997. The van der Waals surface area contributed by atoms with Crippen LogP contribution in [0.25, 0.3) is 6.08 Å². The Kier molecular flexibility index (Phi) is 3.65. The molecule has 0 unspecified atom stereocenters. The molecule has 1 aromatic carbocycles. The first-order valence-corrected chi connectivity index (χ1v) is 6.60. The Bertz CT molecular complexity index is 746. The Morgan fingerprint density at radius 3 is 2.68 bits per heavy atom. The van der Waals surface area contributed by atoms with E-state index in [4.69, 9.17) is 13.9 Å². The van der Waals surface area contributed by atoms with Crippen molar-refractivity contribution in [2.24, 2.45) is 0 Å². The number of Topliss-reactive ketones (excluding diaryl/α,β-unsaturated/α-hetero) is 1. The summed E-state index contributed by atoms with van der Waals surface area (Å²) >= 11 is 0. The van der Waals surface area contributed by atoms with Crippen molar-refractivity contribution >= 4 is 23.5 Å². The fourth-order valence-electron chi connectivity index (χ4n) is 2.05. The van der Waals surface area contributed by atoms with Gasteiger partial charge in [-0.15, -0.1) is 0 Å². The van der Waals surface area contributed by atoms with Gasteiger partial charge < -0.3 is 19.2 Å². The van der Waals surface area contributed by atoms with E-state index in [1.165, 1.54) is 25.3 Å². The molecule has 0 aliphatic carbocycles. The van der Waals surface area contributed by atoms with Gasteiger partial charge >= 0.3 is 0 Å². The van der Waals surface area contributed by atoms with E-state index >= 15 is 0 Å². The lowest BCUT2D eigenvalue weighted by Gasteiger charge is -2.09. The first kappa shape index (κ1) is 13.9. The molecule has 1 aliphatic heterocycles. The third kappa shape index (κ3) is 2.85. The molecule has 0 saturated carbocycles. The van der Waals surface area contributed by atoms with Crippen LogP contribution < -0.4 is 14.8 Å². The summed E-state index contributed by atoms with van der Waals surface area (Å²) in [5.41, 5.74) is 0.745. The number of carbonyl (C=O) groups is 2. The Balaban J connectivity index is 1.82. The number of fused-ring (bicyclic) bond motifs is 1. The standard InChI is InChI=1S/C16H13NO5/c1-10(18)12-7-14-15(22-9-21-14)8-13(12)17-16(19)5-4-11-3-2-6-20-11/h2-8H,9H2,1H3,(H,17,19)/b5-4+. The predicted molar refractivity (Wildman–Crippen MR) is 78.9 cm³/mol. The van der Waals surface area contributed by atoms with Crippen LogP contribution in [0.1, 0.15) is 23.0 Å². The largest absolute Gasteiger partial charge is 0.465 e. The number of furan rings is 1. The normalized spacial score (nSPS) is 12.6. The number of hydrogen-bond acceptors (Lipinski definition) is 5. The lowest BCUT2D eigenvalue weighted by Crippen LogP contribution is -2.11. The maximum atomic E-state index is 12.0. The molecule has 2 aromatic rings. The molecule has 1 aliphatic rings. The Hall–Kier alpha value is -3.02. The van der Waals surface area contributed by atoms with Gasteiger partial charge in [0, 0.05) is 17.7 Å². The maximum absolute atomic E-state index is 12.0. The number of benzene rings is 1. The fraction of sp³-hybridized carbons (Fsp3) is 0.125. The second-order valence-electron chi connectivity index (χ2n) is 4.65. The minimum atomic E-state index is -0.377. The zero-order valence-electron chi connectivity index (χ0n) is 11.8. The fourth-order valence-corrected chi connectivity index (χ4v) is 2.05. The number of ether oxygens (including phenoxy) is 2. The first-order valence-electron chi connectivity index (χ1n) is 6.60. The zero-order chi connectivity index (χ0) is 15.5. The smallest absolute Gasteiger partial charge is 0.248 e. The molecule has 3 rings (SSSR count). The van der Waals surface area contributed by atoms with Crippen molar-refractivity contribution in [1.82, 2.24) is 0 Å². The number of nitrogens with one attached hydrogen (secondary N) is 1. The van der Waals surface area contributed by atoms with E-state index in [1.807, 2.05) is 0 Å². The molecule has 1 amide bonds. The van der Waals surface area contributed by atoms with Gasteiger partial charge in [0.25, 0.3) is 0 Å². The van der Waals surface area contributed by atoms with Crippen LogP contribution in [0.4, 0.5) is 5.69 Å². The summed E-state index contributed by atoms with van der Waals surface area (Å²) in [6.07, 6.45) is 4.38. The molecule has 2 heterocycles. The van der Waals surface area contributed by atoms with E-state index < -0.39 is 0 Å². The molecule has 6 nitrogen and oxygen atoms in total. The second-order valence-corrected chi connectivity index (χ2v) is 4.65. The van der Waals surface area contributed by atoms with Crippen molar-refractivity contribution in [2.45, 2.75) is 6.92 Å². The number of anilines is 1. The summed E-state index contributed by atoms with van der Waals surface area (Å²) in [6, 6.07) is 6.60. The van der Waals surface area contributed by atoms with Gasteiger partial charge in [-0.3, -0.25) is 9.59 Å². The molecule has 0 saturated heterocycles. The molecule has 1 aromatic heterocycles. The van der Waals surface area contributed by atoms with Crippen molar-refractivity contribution in [2.75, 3.05) is 12.1 Å². The average Bonchev–Trinajstić information content (AvgIpc) is 3.15. The highest BCUT2D eigenvalue weighted by molar-refractivity contribution is 6.08. The van der Waals surface area contributed by atoms with Crippen LogP contribution in [-0.4, -0.2) is 18.5 Å². The monoisotopic (exact) mass is 299 g/mol. The van der Waals surface area contributed by atoms with Crippen LogP contribution in [-0.2, 0) is 4.79 Å². The minimum Gasteiger partial charge on any atom is -0.465 e. The number of hydrogen-bond donors (Lipinski definition) is 1. The van der Waals surface area contributed by atoms with Gasteiger partial charge in [-0.2, -0.15) is 0 Å². The highest BCUT2D eigenvalue weighted by Crippen LogP contribution is 2.37. The van der Waals surface area contributed by atoms with Gasteiger partial charge in [-0.25, -0.2) is 0 Å². The number of ketones is 1. The van der Waals surface area contributed by atoms with Crippen LogP contribution in [0.5, 0.6) is 11.5 Å². The van der Waals surface area contributed by atoms with Gasteiger partial charge in [-0.05, 0) is 31.2 Å². The van der Waals surface area contributed by atoms with Crippen LogP contribution >= 0.6 is 0 Å². The van der Waals surface area contributed by atoms with Crippen LogP contribution in [0, 0.1) is 0 Å². The lowest BCUT2D eigenvalue weighted by atomic mass is 10.1. The third-order valence-electron chi connectivity index (χ3n) is 3.09. The van der Waals surface area contributed by atoms with Crippen molar-refractivity contribution in [3.8, 4) is 11.5 Å². The summed E-state index contributed by atoms with van der Waals surface area (Å²) in [5.74, 6) is 0.999. The molecule has 0 radical (unpaired) electrons. The SMILES string of the molecule is CC(=O)c1cc2c(cc1NC(=O)/C=C/c1ccco1)OCO2. The summed E-state index contributed by atoms with van der Waals surface area (Å²) in [5, 5.41) is 2.66. The van der Waals surface area contributed by atoms with E-state index in [1.54, 1.807) is 24.3 Å². The Morgan fingerprint density at radius 1 is 1.23 bits per heavy atom. The maximum Gasteiger partial charge on any atom is 0.248 e. The molecule has 0 spiro atoms. The lowest BCUT2D eigenvalue weighted by molar-refractivity contribution is -0.111. The van der Waals surface area contributed by atoms with E-state index in [-0.39, 0.29) is 18.5 Å². The van der Waals surface area contributed by atoms with E-state index in [0.29, 0.717) is 28.5 Å². The first-order chi connectivity index (χ1) is 10.6. The second kappa shape index (κ2) is 5.77. The van der Waals surface area contributed by atoms with Crippen LogP contribution in [0.2, 0.25) is 0 Å². The van der Waals surface area contributed by atoms with Gasteiger partial charge in [0.2, 0.25) is 12.7 Å². The van der Waals surface area contributed by atoms with Gasteiger partial charge in [-0.1, -0.05) is 0 Å². The Morgan fingerprint density at radius 2 is 2.00 bits per heavy atom. The summed E-state index contributed by atoms with van der Waals surface area (Å²) in [7, 11) is 0. The predicted octanol–water partition coefficient (Wildman–Crippen LogP) is 2.86. The summed E-state index contributed by atoms with van der Waals surface area (Å²) < 4.78 is 15.6. The van der Waals surface area contributed by atoms with Crippen molar-refractivity contribution in [3.05, 3.63) is 47.9 Å². The van der Waals surface area contributed by atoms with Gasteiger partial charge in [0.1, 0.15) is 5.76 Å². The molecule has 22 heavy (non-hydrogen) atoms. The Labute approximate surface area is 126 Å². The van der Waals surface area contributed by atoms with Crippen molar-refractivity contribution in [1.29, 1.82) is 0 Å². The van der Waals surface area contributed by atoms with Crippen LogP contribution in [0.3, 0.4) is 0 Å². The van der Waals surface area contributed by atoms with E-state index in [2.05, 4.69) is 5.32 Å². The van der Waals surface area contributed by atoms with Crippen molar-refractivity contribution in [3.63, 3.8) is 0 Å². The molecule has 112 valence electrons. The topological polar surface area (TPSA) is 77.8 Å². The summed E-state index contributed by atoms with van der Waals surface area (Å²) in [6.45, 7) is 1.52. The molecular weight excluding hydrogens is 286 g/mol. The van der Waals surface area contributed by atoms with Crippen LogP contribution in [0.15, 0.2) is 41.0 Å². The number of amides is 1. The highest BCUT2D eigenvalue weighted by atomic mass is 16.7.